The minimum Gasteiger partial charge on any atom is -0.486 e. The number of hydrogen-bond donors (Lipinski definition) is 1. The molecule has 0 unspecified atom stereocenters. The molecule has 6 heteroatoms. The molecule has 11 rings (SSSR count). The Morgan fingerprint density at radius 3 is 1.63 bits per heavy atom. The Morgan fingerprint density at radius 1 is 0.493 bits per heavy atom. The number of ether oxygens (including phenoxy) is 1. The van der Waals surface area contributed by atoms with Gasteiger partial charge in [-0.3, -0.25) is 4.57 Å². The van der Waals surface area contributed by atoms with Gasteiger partial charge in [-0.2, -0.15) is 0 Å². The molecule has 0 spiro atoms. The molecule has 0 radical (unpaired) electrons. The van der Waals surface area contributed by atoms with E-state index >= 15 is 0 Å². The van der Waals surface area contributed by atoms with Gasteiger partial charge >= 0.3 is 0 Å². The number of rotatable bonds is 10. The highest BCUT2D eigenvalue weighted by molar-refractivity contribution is 6.17. The fraction of sp³-hybridized carbons (Fsp3) is 0.0492. The van der Waals surface area contributed by atoms with Crippen LogP contribution in [0.1, 0.15) is 11.1 Å². The molecular weight excluding hydrogens is 819 g/mol. The Hall–Kier alpha value is -8.74. The topological polar surface area (TPSA) is 69.2 Å². The van der Waals surface area contributed by atoms with Crippen LogP contribution in [0.15, 0.2) is 237 Å². The van der Waals surface area contributed by atoms with Crippen molar-refractivity contribution in [2.24, 2.45) is 0 Å². The van der Waals surface area contributed by atoms with E-state index in [2.05, 4.69) is 187 Å². The van der Waals surface area contributed by atoms with E-state index in [4.69, 9.17) is 20.4 Å². The molecule has 0 amide bonds. The zero-order valence-electron chi connectivity index (χ0n) is 37.5. The number of nitrogens with two attached hydrogens (primary N) is 1. The van der Waals surface area contributed by atoms with Gasteiger partial charge in [0.2, 0.25) is 5.95 Å². The number of fused-ring (bicyclic) bond motifs is 3. The Bertz CT molecular complexity index is 3410. The summed E-state index contributed by atoms with van der Waals surface area (Å²) >= 11 is 0. The van der Waals surface area contributed by atoms with E-state index in [1.165, 1.54) is 5.56 Å². The number of hydrogen-bond acceptors (Lipinski definition) is 5. The third-order valence-corrected chi connectivity index (χ3v) is 12.1. The van der Waals surface area contributed by atoms with Gasteiger partial charge in [-0.05, 0) is 59.5 Å². The van der Waals surface area contributed by atoms with Crippen molar-refractivity contribution in [2.75, 3.05) is 17.7 Å². The lowest BCUT2D eigenvalue weighted by Crippen LogP contribution is -2.13. The lowest BCUT2D eigenvalue weighted by Gasteiger charge is -2.24. The summed E-state index contributed by atoms with van der Waals surface area (Å²) in [5.41, 5.74) is 21.8. The quantitative estimate of drug-likeness (QED) is 0.139. The number of anilines is 3. The molecule has 0 aliphatic carbocycles. The van der Waals surface area contributed by atoms with Crippen LogP contribution < -0.4 is 15.4 Å². The van der Waals surface area contributed by atoms with Gasteiger partial charge in [0.15, 0.2) is 5.75 Å². The molecule has 0 saturated heterocycles. The average molecular weight is 868 g/mol. The summed E-state index contributed by atoms with van der Waals surface area (Å²) in [7, 11) is 2.13. The van der Waals surface area contributed by atoms with E-state index in [-0.39, 0.29) is 0 Å². The number of aromatic nitrogens is 3. The van der Waals surface area contributed by atoms with Gasteiger partial charge in [0.1, 0.15) is 6.61 Å². The smallest absolute Gasteiger partial charge is 0.235 e. The van der Waals surface area contributed by atoms with Crippen LogP contribution in [0.3, 0.4) is 0 Å². The van der Waals surface area contributed by atoms with Gasteiger partial charge in [-0.15, -0.1) is 0 Å². The number of nitrogens with zero attached hydrogens (tertiary/aromatic N) is 4. The lowest BCUT2D eigenvalue weighted by atomic mass is 10.0. The van der Waals surface area contributed by atoms with E-state index in [1.807, 2.05) is 72.8 Å². The second kappa shape index (κ2) is 19.2. The highest BCUT2D eigenvalue weighted by atomic mass is 16.5. The number of nitrogen functional groups attached to an aromatic ring is 1. The molecule has 0 aliphatic heterocycles. The molecule has 9 aromatic carbocycles. The SMILES string of the molecule is CN(c1ccccc1-c1ccccc1)c1cccc2c3c(OCc4ccccc4)c(N)ccc3n(-c3nc(-c4ccccc4)cc(-c4ccc(-c5ccccc5)cc4)n3)c12.Cc1ccccc1. The first-order valence-electron chi connectivity index (χ1n) is 22.5. The summed E-state index contributed by atoms with van der Waals surface area (Å²) in [6, 6.07) is 81.3. The largest absolute Gasteiger partial charge is 0.486 e. The van der Waals surface area contributed by atoms with Crippen molar-refractivity contribution < 1.29 is 4.74 Å². The zero-order valence-corrected chi connectivity index (χ0v) is 37.5. The Balaban J connectivity index is 0.000000689. The number of benzene rings is 9. The van der Waals surface area contributed by atoms with Gasteiger partial charge in [-0.1, -0.05) is 212 Å². The molecule has 2 N–H and O–H groups in total. The van der Waals surface area contributed by atoms with Crippen LogP contribution in [0, 0.1) is 6.92 Å². The maximum Gasteiger partial charge on any atom is 0.235 e. The number of aryl methyl sites for hydroxylation is 1. The van der Waals surface area contributed by atoms with E-state index < -0.39 is 0 Å². The van der Waals surface area contributed by atoms with E-state index in [0.717, 1.165) is 83.5 Å². The predicted molar refractivity (Wildman–Crippen MR) is 279 cm³/mol. The van der Waals surface area contributed by atoms with Crippen LogP contribution in [0.2, 0.25) is 0 Å². The lowest BCUT2D eigenvalue weighted by molar-refractivity contribution is 0.312. The fourth-order valence-corrected chi connectivity index (χ4v) is 8.68. The molecule has 6 nitrogen and oxygen atoms in total. The predicted octanol–water partition coefficient (Wildman–Crippen LogP) is 15.2. The van der Waals surface area contributed by atoms with Gasteiger partial charge in [0, 0.05) is 34.8 Å². The van der Waals surface area contributed by atoms with Crippen LogP contribution in [0.25, 0.3) is 72.5 Å². The second-order valence-electron chi connectivity index (χ2n) is 16.5. The van der Waals surface area contributed by atoms with Gasteiger partial charge in [0.05, 0.1) is 39.2 Å². The standard InChI is InChI=1S/C54H41N5O.C7H8/c1-58(48-27-15-14-25-43(48)40-21-10-4-11-22-40)50-28-16-26-44-51-49(34-33-45(55)53(51)60-36-37-17-6-2-7-18-37)59(52(44)50)54-56-46(41-23-12-5-13-24-41)35-47(57-54)42-31-29-39(30-32-42)38-19-8-3-9-20-38;1-7-5-3-2-4-6-7/h2-35H,36,55H2,1H3;2-6H,1H3. The maximum atomic E-state index is 6.84. The Morgan fingerprint density at radius 2 is 1.00 bits per heavy atom. The van der Waals surface area contributed by atoms with E-state index in [0.29, 0.717) is 24.0 Å². The van der Waals surface area contributed by atoms with Gasteiger partial charge in [-0.25, -0.2) is 9.97 Å². The molecule has 0 aliphatic rings. The van der Waals surface area contributed by atoms with Crippen LogP contribution in [0.4, 0.5) is 17.1 Å². The molecule has 0 atom stereocenters. The molecule has 2 heterocycles. The summed E-state index contributed by atoms with van der Waals surface area (Å²) in [4.78, 5) is 13.1. The first-order chi connectivity index (χ1) is 33.0. The third-order valence-electron chi connectivity index (χ3n) is 12.1. The summed E-state index contributed by atoms with van der Waals surface area (Å²) in [5.74, 6) is 1.16. The molecule has 0 saturated carbocycles. The summed E-state index contributed by atoms with van der Waals surface area (Å²) in [6.07, 6.45) is 0. The second-order valence-corrected chi connectivity index (χ2v) is 16.5. The molecular formula is C61H49N5O. The highest BCUT2D eigenvalue weighted by Crippen LogP contribution is 2.46. The molecule has 11 aromatic rings. The van der Waals surface area contributed by atoms with Crippen molar-refractivity contribution in [3.8, 4) is 56.5 Å². The minimum absolute atomic E-state index is 0.365. The minimum atomic E-state index is 0.365. The number of para-hydroxylation sites is 2. The summed E-state index contributed by atoms with van der Waals surface area (Å²) < 4.78 is 8.88. The monoisotopic (exact) mass is 867 g/mol. The molecule has 0 bridgehead atoms. The van der Waals surface area contributed by atoms with Crippen LogP contribution in [-0.4, -0.2) is 21.6 Å². The first kappa shape index (κ1) is 42.2. The Kier molecular flexibility index (Phi) is 12.1. The van der Waals surface area contributed by atoms with Crippen LogP contribution in [0.5, 0.6) is 5.75 Å². The maximum absolute atomic E-state index is 6.84. The first-order valence-corrected chi connectivity index (χ1v) is 22.5. The van der Waals surface area contributed by atoms with Crippen molar-refractivity contribution in [2.45, 2.75) is 13.5 Å². The molecule has 324 valence electrons. The van der Waals surface area contributed by atoms with Crippen molar-refractivity contribution in [3.05, 3.63) is 248 Å². The summed E-state index contributed by atoms with van der Waals surface area (Å²) in [5, 5.41) is 1.87. The van der Waals surface area contributed by atoms with Crippen molar-refractivity contribution in [1.29, 1.82) is 0 Å². The van der Waals surface area contributed by atoms with Crippen LogP contribution >= 0.6 is 0 Å². The average Bonchev–Trinajstić information content (AvgIpc) is 3.74. The van der Waals surface area contributed by atoms with E-state index in [9.17, 15) is 0 Å². The molecule has 2 aromatic heterocycles. The van der Waals surface area contributed by atoms with Gasteiger partial charge < -0.3 is 15.4 Å². The Labute approximate surface area is 391 Å². The van der Waals surface area contributed by atoms with Crippen molar-refractivity contribution >= 4 is 38.9 Å². The molecule has 67 heavy (non-hydrogen) atoms. The van der Waals surface area contributed by atoms with Crippen molar-refractivity contribution in [1.82, 2.24) is 14.5 Å². The van der Waals surface area contributed by atoms with Crippen molar-refractivity contribution in [3.63, 3.8) is 0 Å². The molecule has 0 fully saturated rings. The van der Waals surface area contributed by atoms with E-state index in [1.54, 1.807) is 0 Å². The van der Waals surface area contributed by atoms with Crippen LogP contribution in [-0.2, 0) is 6.61 Å². The van der Waals surface area contributed by atoms with Gasteiger partial charge in [0.25, 0.3) is 0 Å². The fourth-order valence-electron chi connectivity index (χ4n) is 8.68. The zero-order chi connectivity index (χ0) is 45.5. The highest BCUT2D eigenvalue weighted by Gasteiger charge is 2.25. The summed E-state index contributed by atoms with van der Waals surface area (Å²) in [6.45, 7) is 2.45. The third kappa shape index (κ3) is 8.89. The normalized spacial score (nSPS) is 11.0.